The summed E-state index contributed by atoms with van der Waals surface area (Å²) in [5.74, 6) is -0.416. The molecule has 5 rings (SSSR count). The lowest BCUT2D eigenvalue weighted by Gasteiger charge is -2.12. The van der Waals surface area contributed by atoms with Crippen molar-refractivity contribution in [2.24, 2.45) is 7.05 Å². The maximum atomic E-state index is 14.0. The normalized spacial score (nSPS) is 11.8. The van der Waals surface area contributed by atoms with Crippen molar-refractivity contribution in [2.45, 2.75) is 0 Å². The molecule has 0 radical (unpaired) electrons. The van der Waals surface area contributed by atoms with E-state index in [1.807, 2.05) is 23.7 Å². The van der Waals surface area contributed by atoms with Crippen LogP contribution in [0.1, 0.15) is 0 Å². The Kier molecular flexibility index (Phi) is 2.77. The number of halogens is 1. The average Bonchev–Trinajstić information content (AvgIpc) is 3.26. The van der Waals surface area contributed by atoms with Gasteiger partial charge in [-0.3, -0.25) is 9.89 Å². The van der Waals surface area contributed by atoms with E-state index in [1.165, 1.54) is 12.3 Å². The maximum Gasteiger partial charge on any atom is 0.272 e. The van der Waals surface area contributed by atoms with Gasteiger partial charge >= 0.3 is 0 Å². The highest BCUT2D eigenvalue weighted by Gasteiger charge is 2.18. The SMILES string of the molecule is Cn1cnc2c3[nH]c(=O)c(N)c(-c4ccc(F)c5[nH]ncc45)c3ccc21. The number of anilines is 1. The summed E-state index contributed by atoms with van der Waals surface area (Å²) in [4.78, 5) is 19.7. The molecule has 0 aliphatic heterocycles. The van der Waals surface area contributed by atoms with Crippen LogP contribution in [0.5, 0.6) is 0 Å². The zero-order chi connectivity index (χ0) is 18.0. The predicted molar refractivity (Wildman–Crippen MR) is 98.3 cm³/mol. The number of aromatic nitrogens is 5. The number of hydrogen-bond donors (Lipinski definition) is 3. The minimum absolute atomic E-state index is 0.0712. The number of nitrogen functional groups attached to an aromatic ring is 1. The molecule has 0 saturated carbocycles. The van der Waals surface area contributed by atoms with Crippen LogP contribution in [0.2, 0.25) is 0 Å². The first kappa shape index (κ1) is 14.6. The van der Waals surface area contributed by atoms with Crippen molar-refractivity contribution < 1.29 is 4.39 Å². The van der Waals surface area contributed by atoms with Gasteiger partial charge in [-0.25, -0.2) is 9.37 Å². The van der Waals surface area contributed by atoms with Gasteiger partial charge in [0.15, 0.2) is 0 Å². The summed E-state index contributed by atoms with van der Waals surface area (Å²) in [6.45, 7) is 0. The smallest absolute Gasteiger partial charge is 0.272 e. The molecule has 0 aliphatic carbocycles. The Morgan fingerprint density at radius 2 is 2.00 bits per heavy atom. The summed E-state index contributed by atoms with van der Waals surface area (Å²) in [7, 11) is 1.88. The van der Waals surface area contributed by atoms with Gasteiger partial charge in [0.1, 0.15) is 22.5 Å². The van der Waals surface area contributed by atoms with Gasteiger partial charge in [-0.1, -0.05) is 6.07 Å². The Labute approximate surface area is 145 Å². The zero-order valence-corrected chi connectivity index (χ0v) is 13.7. The van der Waals surface area contributed by atoms with Crippen LogP contribution < -0.4 is 11.3 Å². The van der Waals surface area contributed by atoms with Crippen molar-refractivity contribution in [2.75, 3.05) is 5.73 Å². The monoisotopic (exact) mass is 348 g/mol. The number of nitrogens with one attached hydrogen (secondary N) is 2. The average molecular weight is 348 g/mol. The van der Waals surface area contributed by atoms with E-state index < -0.39 is 11.4 Å². The molecule has 8 heteroatoms. The van der Waals surface area contributed by atoms with Crippen molar-refractivity contribution in [3.8, 4) is 11.1 Å². The highest BCUT2D eigenvalue weighted by Crippen LogP contribution is 2.37. The third-order valence-electron chi connectivity index (χ3n) is 4.75. The number of aryl methyl sites for hydroxylation is 1. The Hall–Kier alpha value is -3.68. The molecule has 0 amide bonds. The number of nitrogens with two attached hydrogens (primary N) is 1. The third-order valence-corrected chi connectivity index (χ3v) is 4.75. The summed E-state index contributed by atoms with van der Waals surface area (Å²) in [6.07, 6.45) is 3.21. The molecule has 0 aliphatic rings. The largest absolute Gasteiger partial charge is 0.394 e. The number of nitrogens with zero attached hydrogens (tertiary/aromatic N) is 3. The quantitative estimate of drug-likeness (QED) is 0.433. The van der Waals surface area contributed by atoms with Gasteiger partial charge in [-0.05, 0) is 23.8 Å². The second kappa shape index (κ2) is 4.92. The van der Waals surface area contributed by atoms with Crippen LogP contribution in [0.3, 0.4) is 0 Å². The second-order valence-corrected chi connectivity index (χ2v) is 6.21. The Morgan fingerprint density at radius 3 is 2.85 bits per heavy atom. The minimum atomic E-state index is -0.416. The first-order chi connectivity index (χ1) is 12.6. The van der Waals surface area contributed by atoms with Crippen LogP contribution in [0.25, 0.3) is 44.0 Å². The van der Waals surface area contributed by atoms with Gasteiger partial charge in [-0.15, -0.1) is 0 Å². The molecule has 3 aromatic heterocycles. The van der Waals surface area contributed by atoms with Gasteiger partial charge in [-0.2, -0.15) is 5.10 Å². The fraction of sp³-hybridized carbons (Fsp3) is 0.0556. The number of rotatable bonds is 1. The predicted octanol–water partition coefficient (Wildman–Crippen LogP) is 2.68. The molecule has 4 N–H and O–H groups in total. The lowest BCUT2D eigenvalue weighted by molar-refractivity contribution is 0.636. The number of H-pyrrole nitrogens is 2. The number of hydrogen-bond acceptors (Lipinski definition) is 4. The molecule has 0 fully saturated rings. The number of fused-ring (bicyclic) bond motifs is 4. The Bertz CT molecular complexity index is 1390. The molecule has 5 aromatic rings. The molecule has 3 heterocycles. The molecule has 0 spiro atoms. The van der Waals surface area contributed by atoms with Crippen LogP contribution in [0.15, 0.2) is 41.6 Å². The van der Waals surface area contributed by atoms with Gasteiger partial charge in [0.05, 0.1) is 23.6 Å². The van der Waals surface area contributed by atoms with Crippen LogP contribution in [0, 0.1) is 5.82 Å². The van der Waals surface area contributed by atoms with Crippen molar-refractivity contribution in [1.29, 1.82) is 0 Å². The summed E-state index contributed by atoms with van der Waals surface area (Å²) in [6, 6.07) is 6.75. The summed E-state index contributed by atoms with van der Waals surface area (Å²) < 4.78 is 15.9. The van der Waals surface area contributed by atoms with Crippen LogP contribution in [0.4, 0.5) is 10.1 Å². The zero-order valence-electron chi connectivity index (χ0n) is 13.7. The van der Waals surface area contributed by atoms with E-state index in [2.05, 4.69) is 20.2 Å². The molecule has 0 bridgehead atoms. The van der Waals surface area contributed by atoms with Gasteiger partial charge in [0.2, 0.25) is 0 Å². The van der Waals surface area contributed by atoms with E-state index >= 15 is 0 Å². The molecule has 0 saturated heterocycles. The third kappa shape index (κ3) is 1.78. The van der Waals surface area contributed by atoms with Gasteiger partial charge < -0.3 is 15.3 Å². The molecule has 2 aromatic carbocycles. The van der Waals surface area contributed by atoms with Gasteiger partial charge in [0.25, 0.3) is 5.56 Å². The highest BCUT2D eigenvalue weighted by atomic mass is 19.1. The van der Waals surface area contributed by atoms with Crippen molar-refractivity contribution in [1.82, 2.24) is 24.7 Å². The Morgan fingerprint density at radius 1 is 1.15 bits per heavy atom. The van der Waals surface area contributed by atoms with Crippen LogP contribution in [-0.4, -0.2) is 24.7 Å². The fourth-order valence-corrected chi connectivity index (χ4v) is 3.49. The molecular formula is C18H13FN6O. The van der Waals surface area contributed by atoms with Crippen molar-refractivity contribution >= 4 is 38.5 Å². The van der Waals surface area contributed by atoms with E-state index in [0.29, 0.717) is 27.5 Å². The Balaban J connectivity index is 2.00. The molecular weight excluding hydrogens is 335 g/mol. The standard InChI is InChI=1S/C18H13FN6O/c1-25-7-21-17-12(25)5-3-9-13(14(20)18(26)23-16(9)17)8-2-4-11(19)15-10(8)6-22-24-15/h2-7H,20H2,1H3,(H,22,24)(H,23,26). The van der Waals surface area contributed by atoms with Crippen LogP contribution in [-0.2, 0) is 7.05 Å². The lowest BCUT2D eigenvalue weighted by Crippen LogP contribution is -2.13. The molecule has 7 nitrogen and oxygen atoms in total. The lowest BCUT2D eigenvalue weighted by atomic mass is 9.96. The number of aromatic amines is 2. The number of benzene rings is 2. The topological polar surface area (TPSA) is 105 Å². The number of pyridine rings is 1. The fourth-order valence-electron chi connectivity index (χ4n) is 3.49. The molecule has 0 atom stereocenters. The summed E-state index contributed by atoms with van der Waals surface area (Å²) in [5, 5.41) is 7.87. The van der Waals surface area contributed by atoms with Gasteiger partial charge in [0, 0.05) is 23.4 Å². The summed E-state index contributed by atoms with van der Waals surface area (Å²) >= 11 is 0. The number of imidazole rings is 1. The first-order valence-corrected chi connectivity index (χ1v) is 7.93. The van der Waals surface area contributed by atoms with Crippen molar-refractivity contribution in [3.05, 3.63) is 53.0 Å². The van der Waals surface area contributed by atoms with E-state index in [9.17, 15) is 9.18 Å². The summed E-state index contributed by atoms with van der Waals surface area (Å²) in [5.41, 5.74) is 9.41. The highest BCUT2D eigenvalue weighted by molar-refractivity contribution is 6.13. The molecule has 26 heavy (non-hydrogen) atoms. The van der Waals surface area contributed by atoms with E-state index in [-0.39, 0.29) is 11.2 Å². The van der Waals surface area contributed by atoms with Crippen molar-refractivity contribution in [3.63, 3.8) is 0 Å². The first-order valence-electron chi connectivity index (χ1n) is 7.93. The van der Waals surface area contributed by atoms with E-state index in [4.69, 9.17) is 5.73 Å². The van der Waals surface area contributed by atoms with Crippen LogP contribution >= 0.6 is 0 Å². The molecule has 128 valence electrons. The second-order valence-electron chi connectivity index (χ2n) is 6.21. The minimum Gasteiger partial charge on any atom is -0.394 e. The molecule has 0 unspecified atom stereocenters. The van der Waals surface area contributed by atoms with E-state index in [1.54, 1.807) is 12.4 Å². The van der Waals surface area contributed by atoms with E-state index in [0.717, 1.165) is 10.9 Å². The maximum absolute atomic E-state index is 14.0.